The zero-order chi connectivity index (χ0) is 15.1. The number of anilines is 1. The Morgan fingerprint density at radius 1 is 1.10 bits per heavy atom. The summed E-state index contributed by atoms with van der Waals surface area (Å²) in [4.78, 5) is 4.45. The molecule has 0 aliphatic rings. The van der Waals surface area contributed by atoms with Crippen LogP contribution in [0.4, 0.5) is 5.82 Å². The van der Waals surface area contributed by atoms with Crippen LogP contribution in [-0.2, 0) is 11.5 Å². The van der Waals surface area contributed by atoms with E-state index in [-0.39, 0.29) is 0 Å². The highest BCUT2D eigenvalue weighted by Crippen LogP contribution is 2.23. The number of rotatable bonds is 7. The van der Waals surface area contributed by atoms with E-state index < -0.39 is 0 Å². The van der Waals surface area contributed by atoms with Crippen LogP contribution in [0.25, 0.3) is 0 Å². The van der Waals surface area contributed by atoms with Crippen LogP contribution in [0.5, 0.6) is 0 Å². The van der Waals surface area contributed by atoms with E-state index in [1.165, 1.54) is 22.3 Å². The summed E-state index contributed by atoms with van der Waals surface area (Å²) >= 11 is 1.94. The van der Waals surface area contributed by atoms with E-state index >= 15 is 0 Å². The second-order valence-electron chi connectivity index (χ2n) is 5.43. The molecule has 112 valence electrons. The molecule has 0 bridgehead atoms. The zero-order valence-corrected chi connectivity index (χ0v) is 14.0. The molecule has 2 aromatic rings. The molecule has 1 N–H and O–H groups in total. The molecule has 21 heavy (non-hydrogen) atoms. The predicted octanol–water partition coefficient (Wildman–Crippen LogP) is 4.95. The van der Waals surface area contributed by atoms with Crippen molar-refractivity contribution in [2.75, 3.05) is 11.9 Å². The molecule has 0 radical (unpaired) electrons. The number of aryl methyl sites for hydroxylation is 2. The minimum atomic E-state index is 0.978. The Kier molecular flexibility index (Phi) is 6.12. The summed E-state index contributed by atoms with van der Waals surface area (Å²) in [7, 11) is 0. The van der Waals surface area contributed by atoms with Gasteiger partial charge in [0.2, 0.25) is 0 Å². The van der Waals surface area contributed by atoms with E-state index in [1.54, 1.807) is 0 Å². The number of nitrogens with one attached hydrogen (secondary N) is 1. The molecule has 0 aliphatic carbocycles. The zero-order valence-electron chi connectivity index (χ0n) is 13.1. The Bertz CT molecular complexity index is 561. The van der Waals surface area contributed by atoms with E-state index in [2.05, 4.69) is 55.3 Å². The van der Waals surface area contributed by atoms with Gasteiger partial charge >= 0.3 is 0 Å². The van der Waals surface area contributed by atoms with Crippen molar-refractivity contribution in [2.24, 2.45) is 0 Å². The Labute approximate surface area is 132 Å². The van der Waals surface area contributed by atoms with Crippen LogP contribution in [0.3, 0.4) is 0 Å². The number of benzene rings is 1. The summed E-state index contributed by atoms with van der Waals surface area (Å²) in [5.41, 5.74) is 5.39. The van der Waals surface area contributed by atoms with E-state index in [0.29, 0.717) is 0 Å². The van der Waals surface area contributed by atoms with Crippen LogP contribution in [-0.4, -0.2) is 11.5 Å². The number of thioether (sulfide) groups is 1. The highest BCUT2D eigenvalue weighted by atomic mass is 32.2. The second kappa shape index (κ2) is 8.08. The third kappa shape index (κ3) is 5.09. The van der Waals surface area contributed by atoms with Crippen molar-refractivity contribution in [2.45, 2.75) is 38.7 Å². The van der Waals surface area contributed by atoms with Gasteiger partial charge in [0, 0.05) is 29.8 Å². The standard InChI is InChI=1S/C18H24N2S/c1-4-7-19-18-17(6-5-8-20-18)13-21-12-16-10-14(2)9-15(3)11-16/h5-6,8-11H,4,7,12-13H2,1-3H3,(H,19,20). The number of pyridine rings is 1. The first-order chi connectivity index (χ1) is 10.2. The fraction of sp³-hybridized carbons (Fsp3) is 0.389. The van der Waals surface area contributed by atoms with Gasteiger partial charge in [-0.25, -0.2) is 4.98 Å². The SMILES string of the molecule is CCCNc1ncccc1CSCc1cc(C)cc(C)c1. The summed E-state index contributed by atoms with van der Waals surface area (Å²) in [6.07, 6.45) is 2.97. The van der Waals surface area contributed by atoms with Crippen LogP contribution in [0, 0.1) is 13.8 Å². The quantitative estimate of drug-likeness (QED) is 0.783. The summed E-state index contributed by atoms with van der Waals surface area (Å²) in [6.45, 7) is 7.47. The average molecular weight is 300 g/mol. The highest BCUT2D eigenvalue weighted by molar-refractivity contribution is 7.97. The maximum Gasteiger partial charge on any atom is 0.129 e. The van der Waals surface area contributed by atoms with Gasteiger partial charge in [-0.05, 0) is 31.9 Å². The third-order valence-corrected chi connectivity index (χ3v) is 4.29. The molecule has 0 amide bonds. The van der Waals surface area contributed by atoms with Gasteiger partial charge in [0.25, 0.3) is 0 Å². The molecule has 0 unspecified atom stereocenters. The van der Waals surface area contributed by atoms with Crippen molar-refractivity contribution in [3.05, 3.63) is 58.8 Å². The van der Waals surface area contributed by atoms with E-state index in [0.717, 1.165) is 30.3 Å². The first-order valence-electron chi connectivity index (χ1n) is 7.51. The topological polar surface area (TPSA) is 24.9 Å². The lowest BCUT2D eigenvalue weighted by Crippen LogP contribution is -2.04. The van der Waals surface area contributed by atoms with Gasteiger partial charge in [0.05, 0.1) is 0 Å². The van der Waals surface area contributed by atoms with Gasteiger partial charge in [0.1, 0.15) is 5.82 Å². The van der Waals surface area contributed by atoms with Crippen LogP contribution in [0.1, 0.15) is 35.6 Å². The van der Waals surface area contributed by atoms with Gasteiger partial charge in [-0.15, -0.1) is 0 Å². The summed E-state index contributed by atoms with van der Waals surface area (Å²) in [5, 5.41) is 3.41. The summed E-state index contributed by atoms with van der Waals surface area (Å²) < 4.78 is 0. The largest absolute Gasteiger partial charge is 0.370 e. The first kappa shape index (κ1) is 15.9. The molecule has 0 aliphatic heterocycles. The monoisotopic (exact) mass is 300 g/mol. The molecule has 0 spiro atoms. The highest BCUT2D eigenvalue weighted by Gasteiger charge is 2.03. The Hall–Kier alpha value is -1.48. The van der Waals surface area contributed by atoms with E-state index in [9.17, 15) is 0 Å². The van der Waals surface area contributed by atoms with Crippen LogP contribution < -0.4 is 5.32 Å². The molecule has 1 heterocycles. The van der Waals surface area contributed by atoms with Crippen molar-refractivity contribution in [3.63, 3.8) is 0 Å². The minimum absolute atomic E-state index is 0.978. The Balaban J connectivity index is 1.94. The minimum Gasteiger partial charge on any atom is -0.370 e. The lowest BCUT2D eigenvalue weighted by molar-refractivity contribution is 0.965. The Morgan fingerprint density at radius 2 is 1.86 bits per heavy atom. The second-order valence-corrected chi connectivity index (χ2v) is 6.41. The van der Waals surface area contributed by atoms with Crippen LogP contribution >= 0.6 is 11.8 Å². The average Bonchev–Trinajstić information content (AvgIpc) is 2.45. The van der Waals surface area contributed by atoms with E-state index in [1.807, 2.05) is 24.0 Å². The number of hydrogen-bond donors (Lipinski definition) is 1. The van der Waals surface area contributed by atoms with E-state index in [4.69, 9.17) is 0 Å². The van der Waals surface area contributed by atoms with Crippen molar-refractivity contribution in [3.8, 4) is 0 Å². The Morgan fingerprint density at radius 3 is 2.57 bits per heavy atom. The molecule has 2 rings (SSSR count). The predicted molar refractivity (Wildman–Crippen MR) is 93.9 cm³/mol. The van der Waals surface area contributed by atoms with Crippen molar-refractivity contribution in [1.29, 1.82) is 0 Å². The summed E-state index contributed by atoms with van der Waals surface area (Å²) in [5.74, 6) is 3.07. The fourth-order valence-corrected chi connectivity index (χ4v) is 3.35. The molecular weight excluding hydrogens is 276 g/mol. The lowest BCUT2D eigenvalue weighted by atomic mass is 10.1. The number of aromatic nitrogens is 1. The molecule has 0 saturated heterocycles. The maximum atomic E-state index is 4.45. The van der Waals surface area contributed by atoms with Gasteiger partial charge in [-0.1, -0.05) is 42.3 Å². The smallest absolute Gasteiger partial charge is 0.129 e. The van der Waals surface area contributed by atoms with Crippen molar-refractivity contribution in [1.82, 2.24) is 4.98 Å². The molecule has 3 heteroatoms. The lowest BCUT2D eigenvalue weighted by Gasteiger charge is -2.10. The normalized spacial score (nSPS) is 10.6. The molecule has 0 saturated carbocycles. The van der Waals surface area contributed by atoms with Gasteiger partial charge in [-0.2, -0.15) is 11.8 Å². The number of hydrogen-bond acceptors (Lipinski definition) is 3. The molecule has 1 aromatic carbocycles. The first-order valence-corrected chi connectivity index (χ1v) is 8.67. The van der Waals surface area contributed by atoms with Gasteiger partial charge in [0.15, 0.2) is 0 Å². The third-order valence-electron chi connectivity index (χ3n) is 3.24. The number of nitrogens with zero attached hydrogens (tertiary/aromatic N) is 1. The van der Waals surface area contributed by atoms with Crippen molar-refractivity contribution < 1.29 is 0 Å². The molecular formula is C18H24N2S. The van der Waals surface area contributed by atoms with Crippen molar-refractivity contribution >= 4 is 17.6 Å². The van der Waals surface area contributed by atoms with Crippen LogP contribution in [0.2, 0.25) is 0 Å². The van der Waals surface area contributed by atoms with Crippen LogP contribution in [0.15, 0.2) is 36.5 Å². The molecule has 1 aromatic heterocycles. The maximum absolute atomic E-state index is 4.45. The van der Waals surface area contributed by atoms with Gasteiger partial charge in [-0.3, -0.25) is 0 Å². The fourth-order valence-electron chi connectivity index (χ4n) is 2.39. The summed E-state index contributed by atoms with van der Waals surface area (Å²) in [6, 6.07) is 11.0. The molecule has 2 nitrogen and oxygen atoms in total. The molecule has 0 atom stereocenters. The molecule has 0 fully saturated rings. The van der Waals surface area contributed by atoms with Gasteiger partial charge < -0.3 is 5.32 Å².